The van der Waals surface area contributed by atoms with Crippen LogP contribution in [0.3, 0.4) is 0 Å². The van der Waals surface area contributed by atoms with Gasteiger partial charge in [-0.25, -0.2) is 0 Å². The molecule has 0 aliphatic carbocycles. The number of unbranched alkanes of at least 4 members (excludes halogenated alkanes) is 6. The number of hydrogen-bond donors (Lipinski definition) is 6. The Balaban J connectivity index is 1.92. The van der Waals surface area contributed by atoms with Crippen molar-refractivity contribution in [1.82, 2.24) is 21.7 Å². The van der Waals surface area contributed by atoms with Crippen molar-refractivity contribution in [2.45, 2.75) is 118 Å². The van der Waals surface area contributed by atoms with Gasteiger partial charge < -0.3 is 10.2 Å². The van der Waals surface area contributed by atoms with Gasteiger partial charge in [0.2, 0.25) is 11.8 Å². The van der Waals surface area contributed by atoms with E-state index in [1.807, 2.05) is 0 Å². The first kappa shape index (κ1) is 38.1. The molecule has 6 N–H and O–H groups in total. The molecule has 2 aromatic carbocycles. The molecule has 2 atom stereocenters. The van der Waals surface area contributed by atoms with Crippen LogP contribution in [0.25, 0.3) is 0 Å². The first-order chi connectivity index (χ1) is 22.1. The van der Waals surface area contributed by atoms with E-state index in [1.54, 1.807) is 31.2 Å². The average molecular weight is 639 g/mol. The number of rotatable bonds is 19. The van der Waals surface area contributed by atoms with Crippen molar-refractivity contribution in [3.8, 4) is 11.5 Å². The summed E-state index contributed by atoms with van der Waals surface area (Å²) < 4.78 is 0. The zero-order chi connectivity index (χ0) is 33.9. The highest BCUT2D eigenvalue weighted by molar-refractivity contribution is 5.98. The minimum Gasteiger partial charge on any atom is -0.507 e. The molecule has 10 nitrogen and oxygen atoms in total. The van der Waals surface area contributed by atoms with Crippen LogP contribution in [0, 0.1) is 11.8 Å². The molecule has 0 fully saturated rings. The molecule has 4 amide bonds. The average Bonchev–Trinajstić information content (AvgIpc) is 3.05. The molecule has 0 aromatic heterocycles. The van der Waals surface area contributed by atoms with Gasteiger partial charge in [0.1, 0.15) is 11.5 Å². The number of benzene rings is 2. The van der Waals surface area contributed by atoms with Crippen LogP contribution < -0.4 is 21.7 Å². The van der Waals surface area contributed by atoms with E-state index in [2.05, 4.69) is 42.5 Å². The summed E-state index contributed by atoms with van der Waals surface area (Å²) in [4.78, 5) is 51.5. The maximum atomic E-state index is 13.1. The van der Waals surface area contributed by atoms with Gasteiger partial charge in [0, 0.05) is 11.8 Å². The van der Waals surface area contributed by atoms with Gasteiger partial charge in [0.05, 0.1) is 11.1 Å². The standard InChI is InChI=1S/C36H54N4O6/c1-5-8-11-14-26-18-21-31(41)29(23-26)35(45)39-37-33(43)25(4)17-20-28(16-13-10-7-3)34(44)38-40-36(46)30-24-27(15-12-9-6-2)19-22-32(30)42/h18-19,21-25,28,41-42H,5-17,20H2,1-4H3,(H,37,43)(H,38,44)(H,39,45)(H,40,46). The first-order valence-electron chi connectivity index (χ1n) is 16.9. The van der Waals surface area contributed by atoms with Gasteiger partial charge in [0.25, 0.3) is 11.8 Å². The van der Waals surface area contributed by atoms with Crippen LogP contribution in [0.4, 0.5) is 0 Å². The molecule has 0 aliphatic heterocycles. The van der Waals surface area contributed by atoms with Gasteiger partial charge in [-0.1, -0.05) is 84.8 Å². The molecule has 2 unspecified atom stereocenters. The van der Waals surface area contributed by atoms with E-state index in [1.165, 1.54) is 12.1 Å². The van der Waals surface area contributed by atoms with Gasteiger partial charge in [-0.15, -0.1) is 0 Å². The van der Waals surface area contributed by atoms with Crippen molar-refractivity contribution in [3.63, 3.8) is 0 Å². The van der Waals surface area contributed by atoms with Crippen LogP contribution in [0.15, 0.2) is 36.4 Å². The lowest BCUT2D eigenvalue weighted by Gasteiger charge is -2.19. The number of nitrogens with one attached hydrogen (secondary N) is 4. The third-order valence-electron chi connectivity index (χ3n) is 8.27. The molecule has 0 bridgehead atoms. The van der Waals surface area contributed by atoms with Crippen LogP contribution in [-0.2, 0) is 22.4 Å². The molecule has 254 valence electrons. The number of carbonyl (C=O) groups excluding carboxylic acids is 4. The van der Waals surface area contributed by atoms with Crippen molar-refractivity contribution in [2.75, 3.05) is 0 Å². The summed E-state index contributed by atoms with van der Waals surface area (Å²) in [6.07, 6.45) is 12.0. The topological polar surface area (TPSA) is 157 Å². The minimum atomic E-state index is -0.611. The molecular formula is C36H54N4O6. The predicted molar refractivity (Wildman–Crippen MR) is 180 cm³/mol. The third kappa shape index (κ3) is 13.1. The van der Waals surface area contributed by atoms with Crippen LogP contribution in [-0.4, -0.2) is 33.8 Å². The molecule has 0 heterocycles. The summed E-state index contributed by atoms with van der Waals surface area (Å²) in [6.45, 7) is 8.02. The van der Waals surface area contributed by atoms with Crippen molar-refractivity contribution in [1.29, 1.82) is 0 Å². The Labute approximate surface area is 274 Å². The van der Waals surface area contributed by atoms with Gasteiger partial charge in [-0.05, 0) is 80.3 Å². The quantitative estimate of drug-likeness (QED) is 0.0773. The Morgan fingerprint density at radius 3 is 1.52 bits per heavy atom. The highest BCUT2D eigenvalue weighted by Crippen LogP contribution is 2.22. The molecule has 0 spiro atoms. The van der Waals surface area contributed by atoms with Gasteiger partial charge in [-0.3, -0.25) is 40.9 Å². The van der Waals surface area contributed by atoms with Crippen molar-refractivity contribution < 1.29 is 29.4 Å². The van der Waals surface area contributed by atoms with Crippen LogP contribution in [0.2, 0.25) is 0 Å². The summed E-state index contributed by atoms with van der Waals surface area (Å²) in [5, 5.41) is 20.4. The van der Waals surface area contributed by atoms with Gasteiger partial charge in [-0.2, -0.15) is 0 Å². The summed E-state index contributed by atoms with van der Waals surface area (Å²) in [5.74, 6) is -3.28. The number of carbonyl (C=O) groups is 4. The molecule has 0 saturated carbocycles. The number of phenolic OH excluding ortho intramolecular Hbond substituents is 2. The molecule has 46 heavy (non-hydrogen) atoms. The van der Waals surface area contributed by atoms with Crippen molar-refractivity contribution in [3.05, 3.63) is 58.7 Å². The minimum absolute atomic E-state index is 0.0909. The third-order valence-corrected chi connectivity index (χ3v) is 8.27. The van der Waals surface area contributed by atoms with E-state index in [-0.39, 0.29) is 28.5 Å². The lowest BCUT2D eigenvalue weighted by atomic mass is 9.91. The zero-order valence-corrected chi connectivity index (χ0v) is 28.0. The molecule has 0 radical (unpaired) electrons. The van der Waals surface area contributed by atoms with E-state index >= 15 is 0 Å². The van der Waals surface area contributed by atoms with E-state index in [0.29, 0.717) is 19.3 Å². The van der Waals surface area contributed by atoms with Crippen LogP contribution in [0.5, 0.6) is 11.5 Å². The zero-order valence-electron chi connectivity index (χ0n) is 28.0. The highest BCUT2D eigenvalue weighted by Gasteiger charge is 2.23. The molecule has 10 heteroatoms. The number of aryl methyl sites for hydroxylation is 2. The fourth-order valence-corrected chi connectivity index (χ4v) is 5.23. The van der Waals surface area contributed by atoms with Gasteiger partial charge >= 0.3 is 0 Å². The summed E-state index contributed by atoms with van der Waals surface area (Å²) in [7, 11) is 0. The van der Waals surface area contributed by atoms with E-state index in [4.69, 9.17) is 0 Å². The smallest absolute Gasteiger partial charge is 0.273 e. The maximum Gasteiger partial charge on any atom is 0.273 e. The highest BCUT2D eigenvalue weighted by atomic mass is 16.3. The van der Waals surface area contributed by atoms with Crippen LogP contribution in [0.1, 0.15) is 137 Å². The van der Waals surface area contributed by atoms with Gasteiger partial charge in [0.15, 0.2) is 0 Å². The van der Waals surface area contributed by atoms with E-state index < -0.39 is 29.6 Å². The summed E-state index contributed by atoms with van der Waals surface area (Å²) >= 11 is 0. The fourth-order valence-electron chi connectivity index (χ4n) is 5.23. The Morgan fingerprint density at radius 1 is 0.587 bits per heavy atom. The number of hydrogen-bond acceptors (Lipinski definition) is 6. The summed E-state index contributed by atoms with van der Waals surface area (Å²) in [6, 6.07) is 9.85. The Kier molecular flexibility index (Phi) is 17.3. The predicted octanol–water partition coefficient (Wildman–Crippen LogP) is 6.40. The second-order valence-electron chi connectivity index (χ2n) is 12.2. The largest absolute Gasteiger partial charge is 0.507 e. The van der Waals surface area contributed by atoms with E-state index in [9.17, 15) is 29.4 Å². The van der Waals surface area contributed by atoms with E-state index in [0.717, 1.165) is 81.8 Å². The van der Waals surface area contributed by atoms with Crippen molar-refractivity contribution in [2.24, 2.45) is 11.8 Å². The monoisotopic (exact) mass is 638 g/mol. The number of phenols is 2. The fraction of sp³-hybridized carbons (Fsp3) is 0.556. The second kappa shape index (κ2) is 20.9. The second-order valence-corrected chi connectivity index (χ2v) is 12.2. The lowest BCUT2D eigenvalue weighted by molar-refractivity contribution is -0.128. The number of hydrazine groups is 2. The Bertz CT molecular complexity index is 1280. The molecule has 2 rings (SSSR count). The Morgan fingerprint density at radius 2 is 1.04 bits per heavy atom. The molecule has 0 aliphatic rings. The molecular weight excluding hydrogens is 584 g/mol. The molecule has 0 saturated heterocycles. The SMILES string of the molecule is CCCCCc1ccc(O)c(C(=O)NNC(=O)C(C)CCC(CCCCC)C(=O)NNC(=O)c2cc(CCCCC)ccc2O)c1. The van der Waals surface area contributed by atoms with Crippen molar-refractivity contribution >= 4 is 23.6 Å². The first-order valence-corrected chi connectivity index (χ1v) is 16.9. The normalized spacial score (nSPS) is 12.2. The van der Waals surface area contributed by atoms with Crippen LogP contribution >= 0.6 is 0 Å². The molecule has 2 aromatic rings. The maximum absolute atomic E-state index is 13.1. The Hall–Kier alpha value is -4.08. The number of amides is 4. The summed E-state index contributed by atoms with van der Waals surface area (Å²) in [5.41, 5.74) is 11.9. The lowest BCUT2D eigenvalue weighted by Crippen LogP contribution is -2.45. The number of aromatic hydroxyl groups is 2.